The van der Waals surface area contributed by atoms with Crippen LogP contribution >= 0.6 is 11.6 Å². The van der Waals surface area contributed by atoms with E-state index in [0.717, 1.165) is 6.42 Å². The Morgan fingerprint density at radius 3 is 2.70 bits per heavy atom. The number of nitrogens with one attached hydrogen (secondary N) is 1. The fourth-order valence-electron chi connectivity index (χ4n) is 1.36. The summed E-state index contributed by atoms with van der Waals surface area (Å²) in [5, 5.41) is 2.81. The number of nitrogens with zero attached hydrogens (tertiary/aromatic N) is 4. The molecule has 0 fully saturated rings. The lowest BCUT2D eigenvalue weighted by atomic mass is 10.4. The number of aromatic nitrogens is 3. The number of likely N-dealkylation sites (N-methyl/N-ethyl adjacent to an activating group) is 1. The molecule has 1 amide bonds. The minimum absolute atomic E-state index is 0.0338. The molecule has 0 aromatic carbocycles. The Hall–Kier alpha value is -1.63. The molecule has 1 aromatic heterocycles. The molecule has 0 spiro atoms. The SMILES string of the molecule is CCCNC(=O)CN(C)c1nc(Cl)nc(OC(C)C)n1. The van der Waals surface area contributed by atoms with Gasteiger partial charge in [-0.25, -0.2) is 0 Å². The number of hydrogen-bond donors (Lipinski definition) is 1. The van der Waals surface area contributed by atoms with Crippen molar-refractivity contribution in [2.45, 2.75) is 33.3 Å². The zero-order valence-electron chi connectivity index (χ0n) is 12.2. The van der Waals surface area contributed by atoms with Crippen molar-refractivity contribution >= 4 is 23.5 Å². The van der Waals surface area contributed by atoms with Crippen LogP contribution in [0, 0.1) is 0 Å². The zero-order chi connectivity index (χ0) is 15.1. The Bertz CT molecular complexity index is 455. The van der Waals surface area contributed by atoms with Crippen LogP contribution in [0.3, 0.4) is 0 Å². The molecule has 112 valence electrons. The van der Waals surface area contributed by atoms with Gasteiger partial charge in [-0.1, -0.05) is 6.92 Å². The number of halogens is 1. The summed E-state index contributed by atoms with van der Waals surface area (Å²) < 4.78 is 5.38. The molecule has 0 unspecified atom stereocenters. The highest BCUT2D eigenvalue weighted by Crippen LogP contribution is 2.14. The third kappa shape index (κ3) is 5.56. The van der Waals surface area contributed by atoms with Gasteiger partial charge in [0.25, 0.3) is 0 Å². The summed E-state index contributed by atoms with van der Waals surface area (Å²) in [6, 6.07) is 0.149. The number of ether oxygens (including phenoxy) is 1. The van der Waals surface area contributed by atoms with E-state index in [4.69, 9.17) is 16.3 Å². The minimum atomic E-state index is -0.0998. The molecule has 1 aromatic rings. The van der Waals surface area contributed by atoms with E-state index in [0.29, 0.717) is 12.5 Å². The summed E-state index contributed by atoms with van der Waals surface area (Å²) in [7, 11) is 1.70. The molecule has 1 heterocycles. The van der Waals surface area contributed by atoms with Crippen LogP contribution in [0.2, 0.25) is 5.28 Å². The molecule has 7 nitrogen and oxygen atoms in total. The molecule has 8 heteroatoms. The maximum absolute atomic E-state index is 11.6. The standard InChI is InChI=1S/C12H20ClN5O2/c1-5-6-14-9(19)7-18(4)11-15-10(13)16-12(17-11)20-8(2)3/h8H,5-7H2,1-4H3,(H,14,19). The third-order valence-corrected chi connectivity index (χ3v) is 2.38. The van der Waals surface area contributed by atoms with Crippen molar-refractivity contribution in [1.82, 2.24) is 20.3 Å². The van der Waals surface area contributed by atoms with Crippen molar-refractivity contribution in [1.29, 1.82) is 0 Å². The van der Waals surface area contributed by atoms with Gasteiger partial charge < -0.3 is 15.0 Å². The predicted molar refractivity (Wildman–Crippen MR) is 77.2 cm³/mol. The Labute approximate surface area is 123 Å². The van der Waals surface area contributed by atoms with Gasteiger partial charge in [0.1, 0.15) is 0 Å². The summed E-state index contributed by atoms with van der Waals surface area (Å²) in [6.45, 7) is 6.50. The number of rotatable bonds is 7. The highest BCUT2D eigenvalue weighted by Gasteiger charge is 2.13. The normalized spacial score (nSPS) is 10.5. The molecule has 0 saturated carbocycles. The van der Waals surface area contributed by atoms with E-state index in [1.54, 1.807) is 11.9 Å². The average molecular weight is 302 g/mol. The van der Waals surface area contributed by atoms with E-state index < -0.39 is 0 Å². The highest BCUT2D eigenvalue weighted by atomic mass is 35.5. The lowest BCUT2D eigenvalue weighted by molar-refractivity contribution is -0.119. The molecule has 0 saturated heterocycles. The Morgan fingerprint density at radius 2 is 2.10 bits per heavy atom. The van der Waals surface area contributed by atoms with Crippen LogP contribution in [-0.2, 0) is 4.79 Å². The first-order valence-corrected chi connectivity index (χ1v) is 6.86. The maximum atomic E-state index is 11.6. The first-order valence-electron chi connectivity index (χ1n) is 6.48. The van der Waals surface area contributed by atoms with Crippen LogP contribution < -0.4 is 15.0 Å². The van der Waals surface area contributed by atoms with E-state index in [2.05, 4.69) is 20.3 Å². The fraction of sp³-hybridized carbons (Fsp3) is 0.667. The van der Waals surface area contributed by atoms with E-state index in [1.165, 1.54) is 0 Å². The molecular formula is C12H20ClN5O2. The molecule has 0 aliphatic heterocycles. The highest BCUT2D eigenvalue weighted by molar-refractivity contribution is 6.28. The summed E-state index contributed by atoms with van der Waals surface area (Å²) in [4.78, 5) is 25.2. The molecule has 1 N–H and O–H groups in total. The molecular weight excluding hydrogens is 282 g/mol. The van der Waals surface area contributed by atoms with Gasteiger partial charge >= 0.3 is 6.01 Å². The lowest BCUT2D eigenvalue weighted by Gasteiger charge is -2.17. The fourth-order valence-corrected chi connectivity index (χ4v) is 1.51. The first-order chi connectivity index (χ1) is 9.42. The van der Waals surface area contributed by atoms with Gasteiger partial charge in [0, 0.05) is 13.6 Å². The molecule has 0 aliphatic rings. The molecule has 1 rings (SSSR count). The van der Waals surface area contributed by atoms with Gasteiger partial charge in [0.05, 0.1) is 12.6 Å². The molecule has 0 atom stereocenters. The van der Waals surface area contributed by atoms with Gasteiger partial charge in [-0.2, -0.15) is 15.0 Å². The Balaban J connectivity index is 2.74. The molecule has 0 radical (unpaired) electrons. The molecule has 20 heavy (non-hydrogen) atoms. The number of hydrogen-bond acceptors (Lipinski definition) is 6. The smallest absolute Gasteiger partial charge is 0.322 e. The Kier molecular flexibility index (Phi) is 6.44. The van der Waals surface area contributed by atoms with Crippen LogP contribution in [0.5, 0.6) is 6.01 Å². The molecule has 0 aliphatic carbocycles. The van der Waals surface area contributed by atoms with Crippen molar-refractivity contribution in [3.05, 3.63) is 5.28 Å². The zero-order valence-corrected chi connectivity index (χ0v) is 12.9. The monoisotopic (exact) mass is 301 g/mol. The first kappa shape index (κ1) is 16.4. The van der Waals surface area contributed by atoms with E-state index in [-0.39, 0.29) is 29.8 Å². The van der Waals surface area contributed by atoms with E-state index in [1.807, 2.05) is 20.8 Å². The average Bonchev–Trinajstić information content (AvgIpc) is 2.34. The second-order valence-electron chi connectivity index (χ2n) is 4.56. The number of carbonyl (C=O) groups is 1. The van der Waals surface area contributed by atoms with Gasteiger partial charge in [-0.15, -0.1) is 0 Å². The predicted octanol–water partition coefficient (Wildman–Crippen LogP) is 1.27. The summed E-state index contributed by atoms with van der Waals surface area (Å²) in [5.41, 5.74) is 0. The van der Waals surface area contributed by atoms with Crippen molar-refractivity contribution in [2.75, 3.05) is 25.0 Å². The van der Waals surface area contributed by atoms with E-state index in [9.17, 15) is 4.79 Å². The second kappa shape index (κ2) is 7.84. The van der Waals surface area contributed by atoms with Gasteiger partial charge in [0.15, 0.2) is 0 Å². The van der Waals surface area contributed by atoms with Gasteiger partial charge in [0.2, 0.25) is 17.1 Å². The topological polar surface area (TPSA) is 80.2 Å². The minimum Gasteiger partial charge on any atom is -0.461 e. The second-order valence-corrected chi connectivity index (χ2v) is 4.90. The quantitative estimate of drug-likeness (QED) is 0.817. The van der Waals surface area contributed by atoms with Crippen molar-refractivity contribution in [2.24, 2.45) is 0 Å². The molecule has 0 bridgehead atoms. The van der Waals surface area contributed by atoms with Gasteiger partial charge in [-0.3, -0.25) is 4.79 Å². The summed E-state index contributed by atoms with van der Waals surface area (Å²) >= 11 is 5.83. The largest absolute Gasteiger partial charge is 0.461 e. The number of carbonyl (C=O) groups excluding carboxylic acids is 1. The van der Waals surface area contributed by atoms with Crippen molar-refractivity contribution in [3.63, 3.8) is 0 Å². The van der Waals surface area contributed by atoms with Crippen LogP contribution in [0.15, 0.2) is 0 Å². The summed E-state index contributed by atoms with van der Waals surface area (Å²) in [5.74, 6) is 0.199. The Morgan fingerprint density at radius 1 is 1.40 bits per heavy atom. The van der Waals surface area contributed by atoms with Gasteiger partial charge in [-0.05, 0) is 31.9 Å². The number of amides is 1. The van der Waals surface area contributed by atoms with E-state index >= 15 is 0 Å². The maximum Gasteiger partial charge on any atom is 0.322 e. The van der Waals surface area contributed by atoms with Crippen molar-refractivity contribution in [3.8, 4) is 6.01 Å². The van der Waals surface area contributed by atoms with Crippen LogP contribution in [0.1, 0.15) is 27.2 Å². The van der Waals surface area contributed by atoms with Crippen molar-refractivity contribution < 1.29 is 9.53 Å². The third-order valence-electron chi connectivity index (χ3n) is 2.21. The van der Waals surface area contributed by atoms with Crippen LogP contribution in [-0.4, -0.2) is 47.1 Å². The number of anilines is 1. The van der Waals surface area contributed by atoms with Crippen LogP contribution in [0.4, 0.5) is 5.95 Å². The lowest BCUT2D eigenvalue weighted by Crippen LogP contribution is -2.36. The summed E-state index contributed by atoms with van der Waals surface area (Å²) in [6.07, 6.45) is 0.818. The van der Waals surface area contributed by atoms with Crippen LogP contribution in [0.25, 0.3) is 0 Å².